The molecule has 6 N–H and O–H groups in total. The number of aromatic carboxylic acids is 3. The Hall–Kier alpha value is -9.51. The van der Waals surface area contributed by atoms with E-state index in [0.29, 0.717) is 61.6 Å². The van der Waals surface area contributed by atoms with Crippen molar-refractivity contribution in [1.29, 1.82) is 0 Å². The number of phenols is 1. The normalized spacial score (nSPS) is 11.7. The van der Waals surface area contributed by atoms with Crippen LogP contribution >= 0.6 is 23.2 Å². The van der Waals surface area contributed by atoms with Gasteiger partial charge in [0.25, 0.3) is 11.8 Å². The molecule has 0 aromatic heterocycles. The molecule has 0 saturated heterocycles. The first kappa shape index (κ1) is 50.0. The van der Waals surface area contributed by atoms with Crippen LogP contribution < -0.4 is 26.3 Å². The minimum Gasteiger partial charge on any atom is -0.508 e. The zero-order chi connectivity index (χ0) is 53.9. The lowest BCUT2D eigenvalue weighted by atomic mass is 9.88. The number of carbonyl (C=O) groups excluding carboxylic acids is 2. The molecule has 0 spiro atoms. The molecule has 16 nitrogen and oxygen atoms in total. The fourth-order valence-corrected chi connectivity index (χ4v) is 10.1. The van der Waals surface area contributed by atoms with Crippen LogP contribution in [0.25, 0.3) is 77.6 Å². The van der Waals surface area contributed by atoms with Crippen molar-refractivity contribution in [3.05, 3.63) is 186 Å². The summed E-state index contributed by atoms with van der Waals surface area (Å²) in [7, 11) is 3.76. The highest BCUT2D eigenvalue weighted by Gasteiger charge is 2.31. The minimum absolute atomic E-state index is 0.00285. The van der Waals surface area contributed by atoms with Crippen molar-refractivity contribution in [2.45, 2.75) is 13.5 Å². The van der Waals surface area contributed by atoms with Gasteiger partial charge in [-0.25, -0.2) is 14.4 Å². The summed E-state index contributed by atoms with van der Waals surface area (Å²) in [6, 6.07) is 32.3. The number of phenolic OH excluding ortho intramolecular Hbond substituents is 1. The Kier molecular flexibility index (Phi) is 13.0. The number of carboxylic acid groups (broad SMARTS) is 3. The third-order valence-corrected chi connectivity index (χ3v) is 13.7. The molecule has 2 heterocycles. The van der Waals surface area contributed by atoms with E-state index in [-0.39, 0.29) is 83.8 Å². The van der Waals surface area contributed by atoms with Crippen LogP contribution in [-0.2, 0) is 6.54 Å². The molecule has 0 unspecified atom stereocenters. The Bertz CT molecular complexity index is 4220. The van der Waals surface area contributed by atoms with Crippen molar-refractivity contribution in [1.82, 2.24) is 5.32 Å². The Labute approximate surface area is 440 Å². The second-order valence-electron chi connectivity index (χ2n) is 17.8. The summed E-state index contributed by atoms with van der Waals surface area (Å²) in [5, 5.41) is 48.8. The van der Waals surface area contributed by atoms with Gasteiger partial charge in [-0.05, 0) is 103 Å². The Balaban J connectivity index is 0.961. The van der Waals surface area contributed by atoms with E-state index in [1.54, 1.807) is 48.5 Å². The van der Waals surface area contributed by atoms with Gasteiger partial charge in [0.2, 0.25) is 0 Å². The number of aromatic hydroxyl groups is 1. The molecule has 4 aliphatic rings. The average Bonchev–Trinajstić information content (AvgIpc) is 3.40. The first-order valence-electron chi connectivity index (χ1n) is 23.3. The van der Waals surface area contributed by atoms with Crippen LogP contribution in [0.2, 0.25) is 10.0 Å². The van der Waals surface area contributed by atoms with Gasteiger partial charge in [-0.1, -0.05) is 47.5 Å². The SMILES string of the molecule is CC/N=c1\ccc2c(-c3c(Cl)cc(C(=O)Nc4cccc5cc(C(=O)NCc6c7oc8cc(O)ccc8c(-c8ccc(C(=O)O)cc8C(=O)O)c-7ccc6=O)ccc45)c(Cl)c3C(=O)O)c3ccc(N(C)C)cc3oc-2c1. The smallest absolute Gasteiger partial charge is 0.337 e. The second-order valence-corrected chi connectivity index (χ2v) is 18.6. The second kappa shape index (κ2) is 19.7. The molecule has 0 atom stereocenters. The highest BCUT2D eigenvalue weighted by Crippen LogP contribution is 2.48. The number of halogens is 2. The summed E-state index contributed by atoms with van der Waals surface area (Å²) >= 11 is 14.0. The summed E-state index contributed by atoms with van der Waals surface area (Å²) in [5.74, 6) is -5.34. The standard InChI is InChI=1S/C58H40Cl2N4O12/c1-4-61-30-10-15-36-45(22-30)75-46-23-31(64(2)3)11-16-37(46)49(36)50-42(59)25-40(52(60)51(50)58(73)74)55(68)63-43-7-5-6-27-20-28(8-13-33(27)43)54(67)62-26-41-44(66)19-18-38-48(35-17-12-32(65)24-47(35)76-53(38)41)34-14-9-29(56(69)70)21-39(34)57(71)72/h5-25,65H,4,26H2,1-3H3,(H,62,67)(H,63,68)(H,69,70)(H,71,72)(H,73,74)/b61-30+. The zero-order valence-electron chi connectivity index (χ0n) is 40.2. The molecule has 6 aromatic rings. The molecule has 76 heavy (non-hydrogen) atoms. The highest BCUT2D eigenvalue weighted by atomic mass is 35.5. The van der Waals surface area contributed by atoms with Gasteiger partial charge in [-0.3, -0.25) is 19.4 Å². The molecular weight excluding hydrogens is 1020 g/mol. The number of benzene rings is 8. The number of carbonyl (C=O) groups is 5. The van der Waals surface area contributed by atoms with Gasteiger partial charge >= 0.3 is 17.9 Å². The van der Waals surface area contributed by atoms with Crippen molar-refractivity contribution in [2.24, 2.45) is 4.99 Å². The number of amides is 2. The number of fused-ring (bicyclic) bond motifs is 5. The first-order chi connectivity index (χ1) is 36.4. The van der Waals surface area contributed by atoms with E-state index in [1.807, 2.05) is 44.1 Å². The van der Waals surface area contributed by atoms with Crippen LogP contribution in [0, 0.1) is 0 Å². The third kappa shape index (κ3) is 8.94. The van der Waals surface area contributed by atoms with Gasteiger partial charge in [0.05, 0.1) is 49.8 Å². The number of nitrogens with one attached hydrogen (secondary N) is 2. The van der Waals surface area contributed by atoms with E-state index < -0.39 is 40.7 Å². The Morgan fingerprint density at radius 1 is 0.645 bits per heavy atom. The summed E-state index contributed by atoms with van der Waals surface area (Å²) < 4.78 is 12.6. The van der Waals surface area contributed by atoms with Gasteiger partial charge in [0.1, 0.15) is 28.4 Å². The molecule has 0 fully saturated rings. The number of rotatable bonds is 12. The summed E-state index contributed by atoms with van der Waals surface area (Å²) in [5.41, 5.74) is 1.76. The summed E-state index contributed by atoms with van der Waals surface area (Å²) in [6.07, 6.45) is 0. The lowest BCUT2D eigenvalue weighted by molar-refractivity contribution is 0.0682. The molecule has 6 aromatic carbocycles. The van der Waals surface area contributed by atoms with Gasteiger partial charge in [0.15, 0.2) is 5.43 Å². The predicted octanol–water partition coefficient (Wildman–Crippen LogP) is 11.5. The van der Waals surface area contributed by atoms with Gasteiger partial charge in [-0.2, -0.15) is 0 Å². The average molecular weight is 1060 g/mol. The van der Waals surface area contributed by atoms with E-state index in [1.165, 1.54) is 54.6 Å². The summed E-state index contributed by atoms with van der Waals surface area (Å²) in [4.78, 5) is 85.7. The van der Waals surface area contributed by atoms with E-state index >= 15 is 0 Å². The van der Waals surface area contributed by atoms with Crippen LogP contribution in [-0.4, -0.2) is 70.8 Å². The number of hydrogen-bond donors (Lipinski definition) is 6. The van der Waals surface area contributed by atoms with E-state index in [9.17, 15) is 49.2 Å². The Morgan fingerprint density at radius 2 is 1.36 bits per heavy atom. The number of hydrogen-bond acceptors (Lipinski definition) is 11. The van der Waals surface area contributed by atoms with Crippen molar-refractivity contribution in [3.63, 3.8) is 0 Å². The molecule has 0 bridgehead atoms. The predicted molar refractivity (Wildman–Crippen MR) is 289 cm³/mol. The maximum atomic E-state index is 14.2. The maximum Gasteiger partial charge on any atom is 0.337 e. The lowest BCUT2D eigenvalue weighted by Crippen LogP contribution is -2.26. The zero-order valence-corrected chi connectivity index (χ0v) is 41.8. The van der Waals surface area contributed by atoms with Crippen LogP contribution in [0.15, 0.2) is 146 Å². The number of nitrogens with zero attached hydrogens (tertiary/aromatic N) is 2. The molecule has 2 aliphatic heterocycles. The minimum atomic E-state index is -1.43. The maximum absolute atomic E-state index is 14.2. The van der Waals surface area contributed by atoms with E-state index in [2.05, 4.69) is 15.6 Å². The molecule has 10 rings (SSSR count). The molecule has 18 heteroatoms. The van der Waals surface area contributed by atoms with Crippen molar-refractivity contribution >= 4 is 97.0 Å². The number of anilines is 2. The molecular formula is C58H40Cl2N4O12. The van der Waals surface area contributed by atoms with E-state index in [4.69, 9.17) is 32.0 Å². The van der Waals surface area contributed by atoms with E-state index in [0.717, 1.165) is 11.8 Å². The van der Waals surface area contributed by atoms with Crippen molar-refractivity contribution in [2.75, 3.05) is 30.9 Å². The Morgan fingerprint density at radius 3 is 2.09 bits per heavy atom. The fourth-order valence-electron chi connectivity index (χ4n) is 9.44. The van der Waals surface area contributed by atoms with Gasteiger partial charge in [-0.15, -0.1) is 0 Å². The monoisotopic (exact) mass is 1050 g/mol. The molecule has 0 radical (unpaired) electrons. The molecule has 2 aliphatic carbocycles. The number of carboxylic acids is 3. The molecule has 378 valence electrons. The quantitative estimate of drug-likeness (QED) is 0.0624. The van der Waals surface area contributed by atoms with Crippen LogP contribution in [0.3, 0.4) is 0 Å². The molecule has 0 saturated carbocycles. The van der Waals surface area contributed by atoms with Crippen LogP contribution in [0.1, 0.15) is 64.3 Å². The molecule has 2 amide bonds. The largest absolute Gasteiger partial charge is 0.508 e. The van der Waals surface area contributed by atoms with Gasteiger partial charge in [0, 0.05) is 99.8 Å². The van der Waals surface area contributed by atoms with Crippen molar-refractivity contribution in [3.8, 4) is 50.7 Å². The lowest BCUT2D eigenvalue weighted by Gasteiger charge is -2.21. The van der Waals surface area contributed by atoms with Crippen LogP contribution in [0.5, 0.6) is 5.75 Å². The first-order valence-corrected chi connectivity index (χ1v) is 24.1. The van der Waals surface area contributed by atoms with Gasteiger partial charge < -0.3 is 44.8 Å². The third-order valence-electron chi connectivity index (χ3n) is 13.0. The van der Waals surface area contributed by atoms with Crippen molar-refractivity contribution < 1.29 is 53.2 Å². The fraction of sp³-hybridized carbons (Fsp3) is 0.0862. The topological polar surface area (TPSA) is 249 Å². The summed E-state index contributed by atoms with van der Waals surface area (Å²) in [6.45, 7) is 2.06. The van der Waals surface area contributed by atoms with Crippen LogP contribution in [0.4, 0.5) is 11.4 Å². The highest BCUT2D eigenvalue weighted by molar-refractivity contribution is 6.42.